The third-order valence-electron chi connectivity index (χ3n) is 3.28. The topological polar surface area (TPSA) is 41.9 Å². The highest BCUT2D eigenvalue weighted by molar-refractivity contribution is 6.41. The van der Waals surface area contributed by atoms with Crippen LogP contribution in [-0.4, -0.2) is 30.5 Å². The number of rotatable bonds is 4. The van der Waals surface area contributed by atoms with Crippen LogP contribution in [0.1, 0.15) is 27.7 Å². The quantitative estimate of drug-likeness (QED) is 0.793. The summed E-state index contributed by atoms with van der Waals surface area (Å²) < 4.78 is 5.30. The van der Waals surface area contributed by atoms with E-state index in [0.717, 1.165) is 12.2 Å². The Morgan fingerprint density at radius 3 is 2.45 bits per heavy atom. The van der Waals surface area contributed by atoms with Crippen molar-refractivity contribution in [2.75, 3.05) is 11.4 Å². The Bertz CT molecular complexity index is 494. The van der Waals surface area contributed by atoms with Crippen molar-refractivity contribution in [3.8, 4) is 0 Å². The zero-order valence-corrected chi connectivity index (χ0v) is 12.5. The molecule has 0 aromatic heterocycles. The molecule has 1 aliphatic rings. The molecule has 0 radical (unpaired) electrons. The molecular weight excluding hydrogens is 252 g/mol. The van der Waals surface area contributed by atoms with Gasteiger partial charge in [-0.15, -0.1) is 0 Å². The summed E-state index contributed by atoms with van der Waals surface area (Å²) in [6.45, 7) is 8.66. The number of carbonyl (C=O) groups excluding carboxylic acids is 1. The Hall–Kier alpha value is -1.84. The van der Waals surface area contributed by atoms with Crippen molar-refractivity contribution in [2.24, 2.45) is 10.9 Å². The van der Waals surface area contributed by atoms with Crippen LogP contribution < -0.4 is 4.90 Å². The highest BCUT2D eigenvalue weighted by Crippen LogP contribution is 2.24. The maximum Gasteiger partial charge on any atom is 0.374 e. The van der Waals surface area contributed by atoms with Gasteiger partial charge in [0, 0.05) is 12.2 Å². The second-order valence-electron chi connectivity index (χ2n) is 5.66. The zero-order chi connectivity index (χ0) is 14.7. The van der Waals surface area contributed by atoms with Crippen molar-refractivity contribution in [2.45, 2.75) is 39.8 Å². The number of carbonyl (C=O) groups is 1. The molecule has 1 atom stereocenters. The number of benzene rings is 1. The van der Waals surface area contributed by atoms with Crippen LogP contribution in [-0.2, 0) is 9.53 Å². The molecule has 0 saturated heterocycles. The van der Waals surface area contributed by atoms with Crippen LogP contribution >= 0.6 is 0 Å². The highest BCUT2D eigenvalue weighted by Gasteiger charge is 2.33. The van der Waals surface area contributed by atoms with Crippen LogP contribution in [0.15, 0.2) is 35.3 Å². The molecular formula is C16H22N2O2. The van der Waals surface area contributed by atoms with E-state index in [9.17, 15) is 4.79 Å². The summed E-state index contributed by atoms with van der Waals surface area (Å²) in [7, 11) is 0. The van der Waals surface area contributed by atoms with E-state index < -0.39 is 0 Å². The monoisotopic (exact) mass is 274 g/mol. The van der Waals surface area contributed by atoms with Gasteiger partial charge in [0.1, 0.15) is 0 Å². The smallest absolute Gasteiger partial charge is 0.374 e. The number of anilines is 1. The molecule has 0 saturated carbocycles. The molecule has 0 aliphatic carbocycles. The summed E-state index contributed by atoms with van der Waals surface area (Å²) in [6, 6.07) is 9.99. The normalized spacial score (nSPS) is 18.6. The van der Waals surface area contributed by atoms with Gasteiger partial charge < -0.3 is 9.64 Å². The van der Waals surface area contributed by atoms with E-state index in [-0.39, 0.29) is 18.1 Å². The van der Waals surface area contributed by atoms with Gasteiger partial charge in [0.2, 0.25) is 5.84 Å². The molecule has 4 nitrogen and oxygen atoms in total. The van der Waals surface area contributed by atoms with E-state index >= 15 is 0 Å². The van der Waals surface area contributed by atoms with Crippen LogP contribution in [0.2, 0.25) is 0 Å². The molecule has 20 heavy (non-hydrogen) atoms. The maximum absolute atomic E-state index is 12.2. The van der Waals surface area contributed by atoms with Gasteiger partial charge in [-0.25, -0.2) is 4.79 Å². The van der Waals surface area contributed by atoms with Gasteiger partial charge in [-0.3, -0.25) is 4.99 Å². The van der Waals surface area contributed by atoms with Gasteiger partial charge in [-0.1, -0.05) is 32.0 Å². The predicted molar refractivity (Wildman–Crippen MR) is 81.1 cm³/mol. The Kier molecular flexibility index (Phi) is 4.42. The molecule has 0 fully saturated rings. The maximum atomic E-state index is 12.2. The Morgan fingerprint density at radius 2 is 1.90 bits per heavy atom. The first kappa shape index (κ1) is 14.6. The molecule has 2 rings (SSSR count). The summed E-state index contributed by atoms with van der Waals surface area (Å²) >= 11 is 0. The summed E-state index contributed by atoms with van der Waals surface area (Å²) in [6.07, 6.45) is -0.138. The summed E-state index contributed by atoms with van der Waals surface area (Å²) in [5, 5.41) is 0. The molecule has 1 aromatic rings. The molecule has 1 heterocycles. The molecule has 108 valence electrons. The number of nitrogens with zero attached hydrogens (tertiary/aromatic N) is 2. The lowest BCUT2D eigenvalue weighted by molar-refractivity contribution is -0.139. The average Bonchev–Trinajstić information content (AvgIpc) is 2.84. The number of ether oxygens (including phenoxy) is 1. The molecule has 1 aromatic carbocycles. The highest BCUT2D eigenvalue weighted by atomic mass is 16.5. The predicted octanol–water partition coefficient (Wildman–Crippen LogP) is 2.88. The third-order valence-corrected chi connectivity index (χ3v) is 3.28. The van der Waals surface area contributed by atoms with Crippen molar-refractivity contribution in [3.05, 3.63) is 30.3 Å². The van der Waals surface area contributed by atoms with Crippen LogP contribution in [0.25, 0.3) is 0 Å². The first-order valence-electron chi connectivity index (χ1n) is 7.10. The van der Waals surface area contributed by atoms with Gasteiger partial charge >= 0.3 is 5.97 Å². The van der Waals surface area contributed by atoms with E-state index in [1.54, 1.807) is 0 Å². The summed E-state index contributed by atoms with van der Waals surface area (Å²) in [5.74, 6) is 0.473. The van der Waals surface area contributed by atoms with E-state index in [1.165, 1.54) is 0 Å². The van der Waals surface area contributed by atoms with Gasteiger partial charge in [0.25, 0.3) is 0 Å². The van der Waals surface area contributed by atoms with Gasteiger partial charge in [-0.2, -0.15) is 0 Å². The molecule has 0 N–H and O–H groups in total. The van der Waals surface area contributed by atoms with E-state index in [0.29, 0.717) is 11.8 Å². The van der Waals surface area contributed by atoms with Crippen molar-refractivity contribution < 1.29 is 9.53 Å². The Morgan fingerprint density at radius 1 is 1.25 bits per heavy atom. The second kappa shape index (κ2) is 6.07. The number of amidine groups is 1. The minimum absolute atomic E-state index is 0.130. The lowest BCUT2D eigenvalue weighted by Crippen LogP contribution is -2.36. The van der Waals surface area contributed by atoms with Crippen molar-refractivity contribution >= 4 is 17.5 Å². The number of aliphatic imine (C=N–C) groups is 1. The van der Waals surface area contributed by atoms with Crippen molar-refractivity contribution in [1.82, 2.24) is 0 Å². The first-order valence-corrected chi connectivity index (χ1v) is 7.10. The zero-order valence-electron chi connectivity index (χ0n) is 12.5. The van der Waals surface area contributed by atoms with E-state index in [4.69, 9.17) is 4.74 Å². The molecule has 1 aliphatic heterocycles. The van der Waals surface area contributed by atoms with Crippen LogP contribution in [0, 0.1) is 5.92 Å². The van der Waals surface area contributed by atoms with Gasteiger partial charge in [-0.05, 0) is 31.9 Å². The fourth-order valence-corrected chi connectivity index (χ4v) is 2.17. The lowest BCUT2D eigenvalue weighted by atomic mass is 10.1. The number of hydrogen-bond donors (Lipinski definition) is 0. The standard InChI is InChI=1S/C16H22N2O2/c1-11(2)14-10-18(13-8-6-5-7-9-13)15(17-14)16(19)20-12(3)4/h5-9,11-12,14H,10H2,1-4H3/t14-/m1/s1. The second-order valence-corrected chi connectivity index (χ2v) is 5.66. The molecule has 0 amide bonds. The first-order chi connectivity index (χ1) is 9.49. The average molecular weight is 274 g/mol. The van der Waals surface area contributed by atoms with Crippen LogP contribution in [0.5, 0.6) is 0 Å². The number of para-hydroxylation sites is 1. The Labute approximate surface area is 120 Å². The van der Waals surface area contributed by atoms with Gasteiger partial charge in [0.05, 0.1) is 12.1 Å². The van der Waals surface area contributed by atoms with Crippen molar-refractivity contribution in [3.63, 3.8) is 0 Å². The van der Waals surface area contributed by atoms with E-state index in [2.05, 4.69) is 18.8 Å². The van der Waals surface area contributed by atoms with Crippen molar-refractivity contribution in [1.29, 1.82) is 0 Å². The lowest BCUT2D eigenvalue weighted by Gasteiger charge is -2.21. The van der Waals surface area contributed by atoms with E-state index in [1.807, 2.05) is 49.1 Å². The fraction of sp³-hybridized carbons (Fsp3) is 0.500. The third kappa shape index (κ3) is 3.18. The van der Waals surface area contributed by atoms with Crippen LogP contribution in [0.3, 0.4) is 0 Å². The minimum Gasteiger partial charge on any atom is -0.457 e. The number of esters is 1. The minimum atomic E-state index is -0.341. The molecule has 4 heteroatoms. The summed E-state index contributed by atoms with van der Waals surface area (Å²) in [4.78, 5) is 18.7. The number of hydrogen-bond acceptors (Lipinski definition) is 4. The molecule has 0 unspecified atom stereocenters. The molecule has 0 spiro atoms. The Balaban J connectivity index is 2.27. The van der Waals surface area contributed by atoms with Crippen LogP contribution in [0.4, 0.5) is 5.69 Å². The largest absolute Gasteiger partial charge is 0.457 e. The van der Waals surface area contributed by atoms with Gasteiger partial charge in [0.15, 0.2) is 0 Å². The molecule has 0 bridgehead atoms. The SMILES string of the molecule is CC(C)OC(=O)C1=N[C@@H](C(C)C)CN1c1ccccc1. The summed E-state index contributed by atoms with van der Waals surface area (Å²) in [5.41, 5.74) is 0.982. The fourth-order valence-electron chi connectivity index (χ4n) is 2.17.